The van der Waals surface area contributed by atoms with Gasteiger partial charge in [-0.1, -0.05) is 6.92 Å². The number of carbonyl (C=O) groups excluding carboxylic acids is 2. The first-order valence-corrected chi connectivity index (χ1v) is 8.06. The Kier molecular flexibility index (Phi) is 3.75. The number of thiophene rings is 1. The van der Waals surface area contributed by atoms with Crippen LogP contribution in [0.15, 0.2) is 16.3 Å². The van der Waals surface area contributed by atoms with Gasteiger partial charge in [0.2, 0.25) is 11.8 Å². The van der Waals surface area contributed by atoms with Gasteiger partial charge in [-0.3, -0.25) is 14.5 Å². The molecule has 1 aromatic heterocycles. The van der Waals surface area contributed by atoms with E-state index in [1.165, 1.54) is 24.5 Å². The van der Waals surface area contributed by atoms with Gasteiger partial charge in [0.25, 0.3) is 10.0 Å². The Hall–Kier alpha value is -1.25. The van der Waals surface area contributed by atoms with E-state index in [9.17, 15) is 18.0 Å². The summed E-state index contributed by atoms with van der Waals surface area (Å²) in [6.45, 7) is 1.93. The Morgan fingerprint density at radius 3 is 2.58 bits per heavy atom. The third-order valence-electron chi connectivity index (χ3n) is 2.93. The van der Waals surface area contributed by atoms with Crippen molar-refractivity contribution in [3.05, 3.63) is 17.0 Å². The molecule has 0 spiro atoms. The van der Waals surface area contributed by atoms with E-state index in [2.05, 4.69) is 4.72 Å². The zero-order chi connectivity index (χ0) is 14.2. The molecule has 6 nitrogen and oxygen atoms in total. The maximum Gasteiger partial charge on any atom is 0.250 e. The van der Waals surface area contributed by atoms with Crippen LogP contribution < -0.4 is 4.72 Å². The monoisotopic (exact) mass is 302 g/mol. The molecule has 1 N–H and O–H groups in total. The molecule has 1 aliphatic heterocycles. The lowest BCUT2D eigenvalue weighted by Gasteiger charge is -2.10. The zero-order valence-corrected chi connectivity index (χ0v) is 12.2. The number of imide groups is 1. The predicted molar refractivity (Wildman–Crippen MR) is 70.2 cm³/mol. The first kappa shape index (κ1) is 14.2. The number of nitrogens with zero attached hydrogens (tertiary/aromatic N) is 1. The first-order valence-electron chi connectivity index (χ1n) is 5.76. The summed E-state index contributed by atoms with van der Waals surface area (Å²) < 4.78 is 26.6. The lowest BCUT2D eigenvalue weighted by atomic mass is 10.3. The largest absolute Gasteiger partial charge is 0.284 e. The molecule has 2 heterocycles. The van der Waals surface area contributed by atoms with Crippen LogP contribution >= 0.6 is 11.3 Å². The topological polar surface area (TPSA) is 83.6 Å². The van der Waals surface area contributed by atoms with Crippen molar-refractivity contribution < 1.29 is 18.0 Å². The highest BCUT2D eigenvalue weighted by atomic mass is 32.2. The van der Waals surface area contributed by atoms with E-state index >= 15 is 0 Å². The number of hydrogen-bond donors (Lipinski definition) is 1. The summed E-state index contributed by atoms with van der Waals surface area (Å²) >= 11 is 1.17. The molecule has 0 bridgehead atoms. The molecule has 0 aliphatic carbocycles. The van der Waals surface area contributed by atoms with Crippen LogP contribution in [0.1, 0.15) is 18.2 Å². The van der Waals surface area contributed by atoms with Gasteiger partial charge in [0.05, 0.1) is 6.42 Å². The Morgan fingerprint density at radius 2 is 2.11 bits per heavy atom. The number of amides is 2. The molecule has 2 rings (SSSR count). The van der Waals surface area contributed by atoms with E-state index in [1.54, 1.807) is 6.07 Å². The highest BCUT2D eigenvalue weighted by molar-refractivity contribution is 7.91. The average Bonchev–Trinajstić information content (AvgIpc) is 2.92. The van der Waals surface area contributed by atoms with Crippen molar-refractivity contribution in [1.29, 1.82) is 0 Å². The minimum Gasteiger partial charge on any atom is -0.284 e. The van der Waals surface area contributed by atoms with Gasteiger partial charge in [-0.05, 0) is 18.6 Å². The van der Waals surface area contributed by atoms with Crippen molar-refractivity contribution in [2.75, 3.05) is 7.05 Å². The van der Waals surface area contributed by atoms with Crippen LogP contribution in [0.5, 0.6) is 0 Å². The summed E-state index contributed by atoms with van der Waals surface area (Å²) in [5.41, 5.74) is 0. The molecule has 0 radical (unpaired) electrons. The molecule has 1 aliphatic rings. The normalized spacial score (nSPS) is 20.3. The molecule has 1 aromatic rings. The van der Waals surface area contributed by atoms with Crippen molar-refractivity contribution in [2.45, 2.75) is 30.0 Å². The molecular formula is C11H14N2O4S2. The molecule has 8 heteroatoms. The fraction of sp³-hybridized carbons (Fsp3) is 0.455. The molecule has 104 valence electrons. The smallest absolute Gasteiger partial charge is 0.250 e. The summed E-state index contributed by atoms with van der Waals surface area (Å²) in [4.78, 5) is 24.9. The molecule has 1 fully saturated rings. The predicted octanol–water partition coefficient (Wildman–Crippen LogP) is 0.346. The third kappa shape index (κ3) is 2.70. The second-order valence-electron chi connectivity index (χ2n) is 4.24. The molecule has 1 atom stereocenters. The minimum absolute atomic E-state index is 0.124. The fourth-order valence-electron chi connectivity index (χ4n) is 1.79. The van der Waals surface area contributed by atoms with E-state index in [4.69, 9.17) is 0 Å². The van der Waals surface area contributed by atoms with E-state index < -0.39 is 22.0 Å². The van der Waals surface area contributed by atoms with Crippen LogP contribution in [0.2, 0.25) is 0 Å². The highest BCUT2D eigenvalue weighted by Gasteiger charge is 2.38. The van der Waals surface area contributed by atoms with Crippen molar-refractivity contribution >= 4 is 33.2 Å². The molecule has 0 saturated carbocycles. The quantitative estimate of drug-likeness (QED) is 0.813. The van der Waals surface area contributed by atoms with Gasteiger partial charge in [0.15, 0.2) is 0 Å². The minimum atomic E-state index is -3.74. The fourth-order valence-corrected chi connectivity index (χ4v) is 4.29. The van der Waals surface area contributed by atoms with Crippen LogP contribution in [0.25, 0.3) is 0 Å². The van der Waals surface area contributed by atoms with Crippen LogP contribution in [0.3, 0.4) is 0 Å². The summed E-state index contributed by atoms with van der Waals surface area (Å²) in [5.74, 6) is -0.890. The van der Waals surface area contributed by atoms with Gasteiger partial charge < -0.3 is 0 Å². The van der Waals surface area contributed by atoms with Crippen LogP contribution in [0, 0.1) is 0 Å². The van der Waals surface area contributed by atoms with Crippen LogP contribution in [-0.4, -0.2) is 38.2 Å². The Labute approximate surface area is 115 Å². The molecule has 1 saturated heterocycles. The van der Waals surface area contributed by atoms with Crippen molar-refractivity contribution in [3.63, 3.8) is 0 Å². The number of hydrogen-bond acceptors (Lipinski definition) is 5. The Morgan fingerprint density at radius 1 is 1.42 bits per heavy atom. The number of carbonyl (C=O) groups is 2. The number of likely N-dealkylation sites (tertiary alicyclic amines) is 1. The van der Waals surface area contributed by atoms with E-state index in [-0.39, 0.29) is 16.5 Å². The highest BCUT2D eigenvalue weighted by Crippen LogP contribution is 2.23. The lowest BCUT2D eigenvalue weighted by molar-refractivity contribution is -0.137. The summed E-state index contributed by atoms with van der Waals surface area (Å²) in [6.07, 6.45) is 0.629. The summed E-state index contributed by atoms with van der Waals surface area (Å²) in [5, 5.41) is 0. The number of aryl methyl sites for hydroxylation is 1. The van der Waals surface area contributed by atoms with E-state index in [1.807, 2.05) is 6.92 Å². The van der Waals surface area contributed by atoms with Gasteiger partial charge in [-0.25, -0.2) is 8.42 Å². The number of likely N-dealkylation sites (N-methyl/N-ethyl adjacent to an activating group) is 1. The van der Waals surface area contributed by atoms with E-state index in [0.29, 0.717) is 0 Å². The van der Waals surface area contributed by atoms with Crippen LogP contribution in [0.4, 0.5) is 0 Å². The average molecular weight is 302 g/mol. The summed E-state index contributed by atoms with van der Waals surface area (Å²) in [6, 6.07) is 2.26. The maximum atomic E-state index is 12.1. The van der Waals surface area contributed by atoms with Gasteiger partial charge in [-0.15, -0.1) is 11.3 Å². The van der Waals surface area contributed by atoms with Crippen LogP contribution in [-0.2, 0) is 26.0 Å². The number of sulfonamides is 1. The van der Waals surface area contributed by atoms with Crippen molar-refractivity contribution in [1.82, 2.24) is 9.62 Å². The molecule has 19 heavy (non-hydrogen) atoms. The molecule has 2 amide bonds. The number of nitrogens with one attached hydrogen (secondary N) is 1. The van der Waals surface area contributed by atoms with E-state index in [0.717, 1.165) is 16.2 Å². The number of rotatable bonds is 4. The second-order valence-corrected chi connectivity index (χ2v) is 7.35. The molecule has 1 unspecified atom stereocenters. The van der Waals surface area contributed by atoms with Gasteiger partial charge >= 0.3 is 0 Å². The molecule has 0 aromatic carbocycles. The van der Waals surface area contributed by atoms with Crippen molar-refractivity contribution in [2.24, 2.45) is 0 Å². The molecular weight excluding hydrogens is 288 g/mol. The third-order valence-corrected chi connectivity index (χ3v) is 6.12. The van der Waals surface area contributed by atoms with Gasteiger partial charge in [0, 0.05) is 11.9 Å². The standard InChI is InChI=1S/C11H14N2O4S2/c1-3-7-4-5-10(18-7)19(16,17)12-8-6-9(14)13(2)11(8)15/h4-5,8,12H,3,6H2,1-2H3. The van der Waals surface area contributed by atoms with Gasteiger partial charge in [0.1, 0.15) is 10.3 Å². The van der Waals surface area contributed by atoms with Gasteiger partial charge in [-0.2, -0.15) is 4.72 Å². The Bertz CT molecular complexity index is 620. The lowest BCUT2D eigenvalue weighted by Crippen LogP contribution is -2.40. The maximum absolute atomic E-state index is 12.1. The van der Waals surface area contributed by atoms with Crippen molar-refractivity contribution in [3.8, 4) is 0 Å². The first-order chi connectivity index (χ1) is 8.85. The SMILES string of the molecule is CCc1ccc(S(=O)(=O)NC2CC(=O)N(C)C2=O)s1. The zero-order valence-electron chi connectivity index (χ0n) is 10.5. The Balaban J connectivity index is 2.18. The second kappa shape index (κ2) is 5.03. The summed E-state index contributed by atoms with van der Waals surface area (Å²) in [7, 11) is -2.40.